The average Bonchev–Trinajstić information content (AvgIpc) is 3.08. The summed E-state index contributed by atoms with van der Waals surface area (Å²) in [6, 6.07) is 0. The third kappa shape index (κ3) is 4.89. The number of aromatic nitrogens is 4. The SMILES string of the molecule is CC(C)c1[nH]c(SSc2nc(C(C)(C)C)c(C(C)C)[nH]2)nc1C(C)(C)C. The van der Waals surface area contributed by atoms with Gasteiger partial charge in [0.2, 0.25) is 0 Å². The highest BCUT2D eigenvalue weighted by Gasteiger charge is 2.26. The van der Waals surface area contributed by atoms with E-state index in [0.717, 1.165) is 21.7 Å². The fourth-order valence-corrected chi connectivity index (χ4v) is 4.53. The minimum absolute atomic E-state index is 0.0362. The molecule has 0 radical (unpaired) electrons. The van der Waals surface area contributed by atoms with Gasteiger partial charge in [-0.15, -0.1) is 0 Å². The van der Waals surface area contributed by atoms with E-state index in [1.807, 2.05) is 0 Å². The zero-order chi connectivity index (χ0) is 19.9. The molecule has 0 saturated heterocycles. The first-order chi connectivity index (χ1) is 11.8. The van der Waals surface area contributed by atoms with Crippen molar-refractivity contribution in [3.8, 4) is 0 Å². The van der Waals surface area contributed by atoms with Crippen molar-refractivity contribution in [2.24, 2.45) is 0 Å². The van der Waals surface area contributed by atoms with E-state index in [2.05, 4.69) is 79.2 Å². The molecule has 0 amide bonds. The second-order valence-corrected chi connectivity index (χ2v) is 11.7. The highest BCUT2D eigenvalue weighted by atomic mass is 33.1. The summed E-state index contributed by atoms with van der Waals surface area (Å²) in [5.74, 6) is 0.861. The van der Waals surface area contributed by atoms with Gasteiger partial charge in [0.15, 0.2) is 10.3 Å². The Morgan fingerprint density at radius 1 is 0.654 bits per heavy atom. The van der Waals surface area contributed by atoms with Crippen molar-refractivity contribution in [3.05, 3.63) is 22.8 Å². The van der Waals surface area contributed by atoms with Crippen LogP contribution in [0.25, 0.3) is 0 Å². The van der Waals surface area contributed by atoms with Crippen LogP contribution in [0, 0.1) is 0 Å². The average molecular weight is 395 g/mol. The van der Waals surface area contributed by atoms with E-state index in [9.17, 15) is 0 Å². The minimum atomic E-state index is 0.0362. The van der Waals surface area contributed by atoms with E-state index < -0.39 is 0 Å². The molecule has 146 valence electrons. The number of H-pyrrole nitrogens is 2. The molecule has 2 aromatic heterocycles. The monoisotopic (exact) mass is 394 g/mol. The molecule has 0 fully saturated rings. The molecular formula is C20H34N4S2. The largest absolute Gasteiger partial charge is 0.336 e. The zero-order valence-corrected chi connectivity index (χ0v) is 19.5. The molecule has 0 spiro atoms. The van der Waals surface area contributed by atoms with Crippen LogP contribution < -0.4 is 0 Å². The number of rotatable bonds is 5. The lowest BCUT2D eigenvalue weighted by atomic mass is 9.88. The maximum Gasteiger partial charge on any atom is 0.177 e. The second kappa shape index (κ2) is 7.63. The summed E-state index contributed by atoms with van der Waals surface area (Å²) in [5.41, 5.74) is 4.86. The van der Waals surface area contributed by atoms with Gasteiger partial charge in [-0.05, 0) is 33.4 Å². The number of hydrogen-bond acceptors (Lipinski definition) is 4. The van der Waals surface area contributed by atoms with E-state index >= 15 is 0 Å². The highest BCUT2D eigenvalue weighted by molar-refractivity contribution is 8.76. The van der Waals surface area contributed by atoms with Gasteiger partial charge in [0, 0.05) is 22.2 Å². The summed E-state index contributed by atoms with van der Waals surface area (Å²) in [4.78, 5) is 16.8. The molecule has 0 aliphatic rings. The first-order valence-corrected chi connectivity index (χ1v) is 11.5. The van der Waals surface area contributed by atoms with Crippen LogP contribution in [0.4, 0.5) is 0 Å². The lowest BCUT2D eigenvalue weighted by molar-refractivity contribution is 0.557. The van der Waals surface area contributed by atoms with Crippen molar-refractivity contribution in [2.75, 3.05) is 0 Å². The Morgan fingerprint density at radius 2 is 0.962 bits per heavy atom. The molecule has 2 heterocycles. The molecule has 0 saturated carbocycles. The fourth-order valence-electron chi connectivity index (χ4n) is 2.87. The van der Waals surface area contributed by atoms with Gasteiger partial charge >= 0.3 is 0 Å². The topological polar surface area (TPSA) is 57.4 Å². The van der Waals surface area contributed by atoms with Crippen molar-refractivity contribution in [1.82, 2.24) is 19.9 Å². The van der Waals surface area contributed by atoms with Gasteiger partial charge in [0.05, 0.1) is 11.4 Å². The van der Waals surface area contributed by atoms with Crippen molar-refractivity contribution < 1.29 is 0 Å². The molecule has 0 aliphatic heterocycles. The molecule has 2 N–H and O–H groups in total. The first-order valence-electron chi connectivity index (χ1n) is 9.36. The third-order valence-corrected chi connectivity index (χ3v) is 6.18. The third-order valence-electron chi connectivity index (χ3n) is 4.20. The molecule has 0 atom stereocenters. The van der Waals surface area contributed by atoms with E-state index in [0.29, 0.717) is 11.8 Å². The van der Waals surface area contributed by atoms with Gasteiger partial charge in [0.25, 0.3) is 0 Å². The van der Waals surface area contributed by atoms with Crippen molar-refractivity contribution in [3.63, 3.8) is 0 Å². The number of imidazole rings is 2. The summed E-state index contributed by atoms with van der Waals surface area (Å²) in [5, 5.41) is 1.90. The van der Waals surface area contributed by atoms with Crippen molar-refractivity contribution >= 4 is 21.6 Å². The number of nitrogens with one attached hydrogen (secondary N) is 2. The summed E-state index contributed by atoms with van der Waals surface area (Å²) in [7, 11) is 3.29. The highest BCUT2D eigenvalue weighted by Crippen LogP contribution is 2.40. The quantitative estimate of drug-likeness (QED) is 0.549. The Kier molecular flexibility index (Phi) is 6.28. The van der Waals surface area contributed by atoms with Crippen LogP contribution in [-0.4, -0.2) is 19.9 Å². The van der Waals surface area contributed by atoms with E-state index in [1.165, 1.54) is 11.4 Å². The van der Waals surface area contributed by atoms with Crippen LogP contribution in [0.15, 0.2) is 10.3 Å². The molecule has 6 heteroatoms. The normalized spacial score (nSPS) is 13.2. The first kappa shape index (κ1) is 21.4. The molecule has 2 aromatic rings. The number of nitrogens with zero attached hydrogens (tertiary/aromatic N) is 2. The summed E-state index contributed by atoms with van der Waals surface area (Å²) < 4.78 is 0. The Hall–Kier alpha value is -0.880. The van der Waals surface area contributed by atoms with E-state index in [1.54, 1.807) is 21.6 Å². The van der Waals surface area contributed by atoms with E-state index in [4.69, 9.17) is 9.97 Å². The summed E-state index contributed by atoms with van der Waals surface area (Å²) in [6.45, 7) is 22.1. The zero-order valence-electron chi connectivity index (χ0n) is 17.9. The molecule has 0 aromatic carbocycles. The van der Waals surface area contributed by atoms with Crippen LogP contribution in [0.5, 0.6) is 0 Å². The molecular weight excluding hydrogens is 360 g/mol. The van der Waals surface area contributed by atoms with Gasteiger partial charge < -0.3 is 9.97 Å². The van der Waals surface area contributed by atoms with Gasteiger partial charge in [-0.3, -0.25) is 0 Å². The lowest BCUT2D eigenvalue weighted by Gasteiger charge is -2.18. The van der Waals surface area contributed by atoms with E-state index in [-0.39, 0.29) is 10.8 Å². The fraction of sp³-hybridized carbons (Fsp3) is 0.700. The number of aromatic amines is 2. The Bertz CT molecular complexity index is 679. The molecule has 2 rings (SSSR count). The maximum atomic E-state index is 4.88. The van der Waals surface area contributed by atoms with Crippen molar-refractivity contribution in [2.45, 2.75) is 102 Å². The van der Waals surface area contributed by atoms with Crippen molar-refractivity contribution in [1.29, 1.82) is 0 Å². The second-order valence-electron chi connectivity index (χ2n) is 9.58. The molecule has 26 heavy (non-hydrogen) atoms. The standard InChI is InChI=1S/C20H34N4S2/c1-11(2)13-15(19(5,6)7)23-17(21-13)25-26-18-22-14(12(3)4)16(24-18)20(8,9)10/h11-12H,1-10H3,(H,21,23)(H,22,24). The molecule has 0 aliphatic carbocycles. The van der Waals surface area contributed by atoms with Gasteiger partial charge in [-0.25, -0.2) is 9.97 Å². The van der Waals surface area contributed by atoms with Gasteiger partial charge in [0.1, 0.15) is 0 Å². The predicted octanol–water partition coefficient (Wildman–Crippen LogP) is 6.77. The Labute approximate surface area is 166 Å². The van der Waals surface area contributed by atoms with Crippen LogP contribution in [0.1, 0.15) is 104 Å². The molecule has 4 nitrogen and oxygen atoms in total. The van der Waals surface area contributed by atoms with Crippen LogP contribution >= 0.6 is 21.6 Å². The minimum Gasteiger partial charge on any atom is -0.336 e. The van der Waals surface area contributed by atoms with Gasteiger partial charge in [-0.1, -0.05) is 69.2 Å². The van der Waals surface area contributed by atoms with Crippen LogP contribution in [0.2, 0.25) is 0 Å². The molecule has 0 unspecified atom stereocenters. The summed E-state index contributed by atoms with van der Waals surface area (Å²) >= 11 is 0. The van der Waals surface area contributed by atoms with Gasteiger partial charge in [-0.2, -0.15) is 0 Å². The number of hydrogen-bond donors (Lipinski definition) is 2. The maximum absolute atomic E-state index is 4.88. The predicted molar refractivity (Wildman–Crippen MR) is 114 cm³/mol. The molecule has 0 bridgehead atoms. The van der Waals surface area contributed by atoms with Crippen LogP contribution in [0.3, 0.4) is 0 Å². The Morgan fingerprint density at radius 3 is 1.15 bits per heavy atom. The smallest absolute Gasteiger partial charge is 0.177 e. The Balaban J connectivity index is 2.24. The lowest BCUT2D eigenvalue weighted by Crippen LogP contribution is -2.15. The van der Waals surface area contributed by atoms with Crippen LogP contribution in [-0.2, 0) is 10.8 Å². The summed E-state index contributed by atoms with van der Waals surface area (Å²) in [6.07, 6.45) is 0.